The molecule has 0 aromatic carbocycles. The van der Waals surface area contributed by atoms with Crippen molar-refractivity contribution in [2.45, 2.75) is 325 Å². The summed E-state index contributed by atoms with van der Waals surface area (Å²) in [6, 6.07) is -0.850. The topological polar surface area (TPSA) is 228 Å². The summed E-state index contributed by atoms with van der Waals surface area (Å²) in [4.78, 5) is 13.3. The minimum absolute atomic E-state index is 0.229. The van der Waals surface area contributed by atoms with E-state index in [9.17, 15) is 45.6 Å². The first-order valence-corrected chi connectivity index (χ1v) is 35.9. The van der Waals surface area contributed by atoms with Gasteiger partial charge >= 0.3 is 0 Å². The quantitative estimate of drug-likeness (QED) is 0.0204. The van der Waals surface area contributed by atoms with E-state index in [2.05, 4.69) is 153 Å². The minimum atomic E-state index is -1.79. The Morgan fingerprint density at radius 3 is 1.16 bits per heavy atom. The molecule has 0 aliphatic carbocycles. The molecule has 520 valence electrons. The van der Waals surface area contributed by atoms with Crippen molar-refractivity contribution in [2.24, 2.45) is 0 Å². The van der Waals surface area contributed by atoms with Gasteiger partial charge in [0.2, 0.25) is 5.91 Å². The molecule has 2 aliphatic rings. The predicted molar refractivity (Wildman–Crippen MR) is 373 cm³/mol. The summed E-state index contributed by atoms with van der Waals surface area (Å²) in [6.07, 6.45) is 71.7. The molecule has 12 atom stereocenters. The molecule has 2 fully saturated rings. The molecule has 14 heteroatoms. The van der Waals surface area contributed by atoms with Crippen molar-refractivity contribution in [3.63, 3.8) is 0 Å². The number of amides is 1. The van der Waals surface area contributed by atoms with Crippen LogP contribution in [-0.4, -0.2) is 140 Å². The monoisotopic (exact) mass is 1280 g/mol. The number of carbonyl (C=O) groups is 1. The van der Waals surface area contributed by atoms with E-state index in [-0.39, 0.29) is 18.9 Å². The largest absolute Gasteiger partial charge is 0.394 e. The van der Waals surface area contributed by atoms with Crippen molar-refractivity contribution < 1.29 is 64.6 Å². The Bertz CT molecular complexity index is 2040. The van der Waals surface area contributed by atoms with Gasteiger partial charge in [0.05, 0.1) is 32.0 Å². The Kier molecular flexibility index (Phi) is 54.7. The number of carbonyl (C=O) groups excluding carboxylic acids is 1. The van der Waals surface area contributed by atoms with E-state index in [1.54, 1.807) is 0 Å². The lowest BCUT2D eigenvalue weighted by molar-refractivity contribution is -0.359. The van der Waals surface area contributed by atoms with Crippen molar-refractivity contribution in [1.82, 2.24) is 5.32 Å². The third-order valence-corrected chi connectivity index (χ3v) is 16.6. The Morgan fingerprint density at radius 1 is 0.407 bits per heavy atom. The van der Waals surface area contributed by atoms with Gasteiger partial charge in [0.25, 0.3) is 0 Å². The Morgan fingerprint density at radius 2 is 0.758 bits per heavy atom. The maximum atomic E-state index is 13.3. The van der Waals surface area contributed by atoms with Crippen LogP contribution in [0.4, 0.5) is 0 Å². The fourth-order valence-corrected chi connectivity index (χ4v) is 10.9. The second-order valence-corrected chi connectivity index (χ2v) is 24.6. The second kappa shape index (κ2) is 59.8. The average molecular weight is 1280 g/mol. The first kappa shape index (κ1) is 83.2. The molecular weight excluding hydrogens is 1150 g/mol. The van der Waals surface area contributed by atoms with Gasteiger partial charge in [-0.1, -0.05) is 282 Å². The summed E-state index contributed by atoms with van der Waals surface area (Å²) in [5, 5.41) is 87.6. The van der Waals surface area contributed by atoms with Gasteiger partial charge in [-0.3, -0.25) is 4.79 Å². The molecule has 0 spiro atoms. The summed E-state index contributed by atoms with van der Waals surface area (Å²) < 4.78 is 22.9. The van der Waals surface area contributed by atoms with Gasteiger partial charge in [0.1, 0.15) is 48.8 Å². The Labute approximate surface area is 551 Å². The van der Waals surface area contributed by atoms with Crippen LogP contribution < -0.4 is 5.32 Å². The van der Waals surface area contributed by atoms with Crippen molar-refractivity contribution in [1.29, 1.82) is 0 Å². The zero-order valence-electron chi connectivity index (χ0n) is 56.5. The van der Waals surface area contributed by atoms with E-state index in [0.717, 1.165) is 128 Å². The molecular formula is C77H129NO13. The fourth-order valence-electron chi connectivity index (χ4n) is 10.9. The van der Waals surface area contributed by atoms with E-state index in [0.29, 0.717) is 12.8 Å². The van der Waals surface area contributed by atoms with E-state index in [4.69, 9.17) is 18.9 Å². The second-order valence-electron chi connectivity index (χ2n) is 24.6. The van der Waals surface area contributed by atoms with Gasteiger partial charge in [-0.05, 0) is 96.3 Å². The number of ether oxygens (including phenoxy) is 4. The fraction of sp³-hybridized carbons (Fsp3) is 0.701. The average Bonchev–Trinajstić information content (AvgIpc) is 1.19. The molecule has 0 bridgehead atoms. The first-order chi connectivity index (χ1) is 44.6. The standard InChI is InChI=1S/C77H129NO13/c1-3-5-7-9-11-13-15-17-19-21-23-24-25-26-27-28-29-30-31-32-33-34-35-36-37-38-39-40-41-42-43-45-47-49-51-53-55-57-59-61-69(82)78-65(66(81)60-58-56-54-52-50-48-46-44-22-20-18-16-14-12-10-8-6-4-2)64-88-76-74(87)72(85)75(68(63-80)90-76)91-77-73(86)71(84)70(83)67(62-79)89-77/h5,7,11,13,17,19,23-24,26-27,29-30,32-33,35-36,38-39,41-42,45,47,65-68,70-77,79-81,83-87H,3-4,6,8-10,12,14-16,18,20-22,25,28,31,34,37,40,43-44,46,48-64H2,1-2H3,(H,78,82)/b7-5-,13-11-,19-17-,24-23-,27-26-,30-29-,33-32-,36-35-,39-38-,42-41-,47-45-. The van der Waals surface area contributed by atoms with Crippen molar-refractivity contribution in [2.75, 3.05) is 19.8 Å². The molecule has 12 unspecified atom stereocenters. The molecule has 2 saturated heterocycles. The zero-order valence-corrected chi connectivity index (χ0v) is 56.5. The van der Waals surface area contributed by atoms with Crippen LogP contribution in [0, 0.1) is 0 Å². The van der Waals surface area contributed by atoms with E-state index >= 15 is 0 Å². The van der Waals surface area contributed by atoms with Crippen LogP contribution in [0.15, 0.2) is 134 Å². The molecule has 2 heterocycles. The van der Waals surface area contributed by atoms with Crippen LogP contribution in [0.3, 0.4) is 0 Å². The predicted octanol–water partition coefficient (Wildman–Crippen LogP) is 15.1. The maximum Gasteiger partial charge on any atom is 0.220 e. The summed E-state index contributed by atoms with van der Waals surface area (Å²) in [6.45, 7) is 2.74. The zero-order chi connectivity index (χ0) is 65.9. The molecule has 2 aliphatic heterocycles. The van der Waals surface area contributed by atoms with Crippen molar-refractivity contribution >= 4 is 5.91 Å². The van der Waals surface area contributed by atoms with Crippen molar-refractivity contribution in [3.8, 4) is 0 Å². The van der Waals surface area contributed by atoms with Crippen LogP contribution in [0.2, 0.25) is 0 Å². The molecule has 0 aromatic rings. The maximum absolute atomic E-state index is 13.3. The van der Waals surface area contributed by atoms with Gasteiger partial charge < -0.3 is 65.1 Å². The number of hydrogen-bond acceptors (Lipinski definition) is 13. The molecule has 9 N–H and O–H groups in total. The number of unbranched alkanes of at least 4 members (excludes halogenated alkanes) is 22. The highest BCUT2D eigenvalue weighted by Crippen LogP contribution is 2.30. The summed E-state index contributed by atoms with van der Waals surface area (Å²) in [5.41, 5.74) is 0. The lowest BCUT2D eigenvalue weighted by Crippen LogP contribution is -2.65. The van der Waals surface area contributed by atoms with Gasteiger partial charge in [-0.25, -0.2) is 0 Å². The number of hydrogen-bond donors (Lipinski definition) is 9. The Balaban J connectivity index is 1.66. The van der Waals surface area contributed by atoms with E-state index in [1.165, 1.54) is 89.9 Å². The number of aliphatic hydroxyl groups excluding tert-OH is 8. The highest BCUT2D eigenvalue weighted by Gasteiger charge is 2.51. The summed E-state index contributed by atoms with van der Waals surface area (Å²) >= 11 is 0. The molecule has 1 amide bonds. The van der Waals surface area contributed by atoms with Crippen LogP contribution in [0.5, 0.6) is 0 Å². The molecule has 91 heavy (non-hydrogen) atoms. The normalized spacial score (nSPS) is 23.6. The molecule has 14 nitrogen and oxygen atoms in total. The van der Waals surface area contributed by atoms with E-state index < -0.39 is 86.8 Å². The molecule has 2 rings (SSSR count). The number of rotatable bonds is 57. The molecule has 0 saturated carbocycles. The van der Waals surface area contributed by atoms with Crippen LogP contribution >= 0.6 is 0 Å². The highest BCUT2D eigenvalue weighted by molar-refractivity contribution is 5.76. The van der Waals surface area contributed by atoms with Gasteiger partial charge in [0.15, 0.2) is 12.6 Å². The van der Waals surface area contributed by atoms with Crippen molar-refractivity contribution in [3.05, 3.63) is 134 Å². The smallest absolute Gasteiger partial charge is 0.220 e. The van der Waals surface area contributed by atoms with Crippen LogP contribution in [0.1, 0.15) is 251 Å². The molecule has 0 radical (unpaired) electrons. The number of nitrogens with one attached hydrogen (secondary N) is 1. The molecule has 0 aromatic heterocycles. The Hall–Kier alpha value is -3.87. The SMILES string of the molecule is CC/C=C\C/C=C\C/C=C\C/C=C\C/C=C\C/C=C\C/C=C\C/C=C\C/C=C\C/C=C\C/C=C\CCCCCCCC(=O)NC(COC1OC(CO)C(OC2OC(CO)C(O)C(O)C2O)C(O)C1O)C(O)CCCCCCCCCCCCCCCCCCCC. The third kappa shape index (κ3) is 43.7. The lowest BCUT2D eigenvalue weighted by atomic mass is 9.97. The summed E-state index contributed by atoms with van der Waals surface area (Å²) in [5.74, 6) is -0.229. The van der Waals surface area contributed by atoms with Crippen LogP contribution in [-0.2, 0) is 23.7 Å². The van der Waals surface area contributed by atoms with E-state index in [1.807, 2.05) is 0 Å². The minimum Gasteiger partial charge on any atom is -0.394 e. The number of aliphatic hydroxyl groups is 8. The van der Waals surface area contributed by atoms with Gasteiger partial charge in [-0.15, -0.1) is 0 Å². The summed E-state index contributed by atoms with van der Waals surface area (Å²) in [7, 11) is 0. The van der Waals surface area contributed by atoms with Gasteiger partial charge in [0, 0.05) is 6.42 Å². The first-order valence-electron chi connectivity index (χ1n) is 35.9. The number of allylic oxidation sites excluding steroid dienone is 22. The lowest BCUT2D eigenvalue weighted by Gasteiger charge is -2.46. The van der Waals surface area contributed by atoms with Gasteiger partial charge in [-0.2, -0.15) is 0 Å². The third-order valence-electron chi connectivity index (χ3n) is 16.6. The highest BCUT2D eigenvalue weighted by atomic mass is 16.7. The van der Waals surface area contributed by atoms with Crippen LogP contribution in [0.25, 0.3) is 0 Å².